The molecule has 0 saturated heterocycles. The molecule has 2 aromatic carbocycles. The Labute approximate surface area is 178 Å². The SMILES string of the molecule is Cc1cc(-c2cc3c(=O)cc[nH]c3nc2-c2ccccc2)cc(Cl)c1NS(C)(=O)=O. The van der Waals surface area contributed by atoms with E-state index in [4.69, 9.17) is 16.6 Å². The molecule has 0 aliphatic carbocycles. The minimum atomic E-state index is -3.48. The lowest BCUT2D eigenvalue weighted by Crippen LogP contribution is -2.11. The fourth-order valence-corrected chi connectivity index (χ4v) is 4.36. The van der Waals surface area contributed by atoms with Gasteiger partial charge in [-0.1, -0.05) is 41.9 Å². The van der Waals surface area contributed by atoms with Crippen molar-refractivity contribution in [2.45, 2.75) is 6.92 Å². The standard InChI is InChI=1S/C22H18ClN3O3S/c1-13-10-15(11-18(23)20(13)26-30(2,28)29)16-12-17-19(27)8-9-24-22(17)25-21(16)14-6-4-3-5-7-14/h3-12,26H,1-2H3,(H,24,25,27). The maximum Gasteiger partial charge on any atom is 0.229 e. The first-order valence-corrected chi connectivity index (χ1v) is 11.4. The maximum absolute atomic E-state index is 12.4. The zero-order chi connectivity index (χ0) is 21.5. The quantitative estimate of drug-likeness (QED) is 0.486. The number of sulfonamides is 1. The van der Waals surface area contributed by atoms with E-state index in [1.807, 2.05) is 36.4 Å². The molecule has 0 aliphatic heterocycles. The van der Waals surface area contributed by atoms with Crippen LogP contribution in [-0.2, 0) is 10.0 Å². The molecule has 4 rings (SSSR count). The van der Waals surface area contributed by atoms with Gasteiger partial charge in [-0.05, 0) is 36.2 Å². The van der Waals surface area contributed by atoms with Crippen LogP contribution in [0.1, 0.15) is 5.56 Å². The van der Waals surface area contributed by atoms with Crippen LogP contribution in [0.4, 0.5) is 5.69 Å². The Balaban J connectivity index is 2.00. The first-order valence-electron chi connectivity index (χ1n) is 9.09. The minimum Gasteiger partial charge on any atom is -0.346 e. The van der Waals surface area contributed by atoms with Crippen molar-refractivity contribution in [1.29, 1.82) is 0 Å². The molecule has 152 valence electrons. The Hall–Kier alpha value is -3.16. The number of halogens is 1. The Morgan fingerprint density at radius 3 is 2.43 bits per heavy atom. The monoisotopic (exact) mass is 439 g/mol. The molecule has 0 bridgehead atoms. The number of hydrogen-bond acceptors (Lipinski definition) is 4. The van der Waals surface area contributed by atoms with Crippen LogP contribution >= 0.6 is 11.6 Å². The van der Waals surface area contributed by atoms with Crippen molar-refractivity contribution in [2.75, 3.05) is 11.0 Å². The zero-order valence-electron chi connectivity index (χ0n) is 16.2. The third-order valence-electron chi connectivity index (χ3n) is 4.68. The summed E-state index contributed by atoms with van der Waals surface area (Å²) >= 11 is 6.42. The van der Waals surface area contributed by atoms with Crippen molar-refractivity contribution < 1.29 is 8.42 Å². The molecule has 2 N–H and O–H groups in total. The summed E-state index contributed by atoms with van der Waals surface area (Å²) < 4.78 is 25.8. The van der Waals surface area contributed by atoms with Gasteiger partial charge in [0.2, 0.25) is 10.0 Å². The van der Waals surface area contributed by atoms with E-state index in [-0.39, 0.29) is 10.5 Å². The average molecular weight is 440 g/mol. The van der Waals surface area contributed by atoms with Crippen LogP contribution in [0.3, 0.4) is 0 Å². The number of anilines is 1. The Morgan fingerprint density at radius 1 is 1.03 bits per heavy atom. The predicted molar refractivity (Wildman–Crippen MR) is 121 cm³/mol. The van der Waals surface area contributed by atoms with Crippen LogP contribution in [0.2, 0.25) is 5.02 Å². The molecule has 0 radical (unpaired) electrons. The molecular weight excluding hydrogens is 422 g/mol. The minimum absolute atomic E-state index is 0.143. The highest BCUT2D eigenvalue weighted by atomic mass is 35.5. The van der Waals surface area contributed by atoms with Crippen molar-refractivity contribution in [3.05, 3.63) is 81.6 Å². The molecule has 0 spiro atoms. The summed E-state index contributed by atoms with van der Waals surface area (Å²) in [5, 5.41) is 0.718. The summed E-state index contributed by atoms with van der Waals surface area (Å²) in [6.45, 7) is 1.77. The van der Waals surface area contributed by atoms with Gasteiger partial charge in [-0.15, -0.1) is 0 Å². The van der Waals surface area contributed by atoms with E-state index < -0.39 is 10.0 Å². The number of rotatable bonds is 4. The molecule has 8 heteroatoms. The number of pyridine rings is 2. The average Bonchev–Trinajstić information content (AvgIpc) is 2.70. The van der Waals surface area contributed by atoms with Crippen molar-refractivity contribution in [2.24, 2.45) is 0 Å². The van der Waals surface area contributed by atoms with Crippen LogP contribution in [0.15, 0.2) is 65.6 Å². The predicted octanol–water partition coefficient (Wildman–Crippen LogP) is 4.59. The number of nitrogens with one attached hydrogen (secondary N) is 2. The van der Waals surface area contributed by atoms with Crippen LogP contribution in [-0.4, -0.2) is 24.6 Å². The number of hydrogen-bond donors (Lipinski definition) is 2. The number of aryl methyl sites for hydroxylation is 1. The van der Waals surface area contributed by atoms with Crippen LogP contribution in [0.25, 0.3) is 33.4 Å². The number of fused-ring (bicyclic) bond motifs is 1. The lowest BCUT2D eigenvalue weighted by Gasteiger charge is -2.15. The fourth-order valence-electron chi connectivity index (χ4n) is 3.35. The Morgan fingerprint density at radius 2 is 1.77 bits per heavy atom. The van der Waals surface area contributed by atoms with Crippen molar-refractivity contribution in [3.8, 4) is 22.4 Å². The number of nitrogens with zero attached hydrogens (tertiary/aromatic N) is 1. The van der Waals surface area contributed by atoms with Gasteiger partial charge in [-0.3, -0.25) is 9.52 Å². The highest BCUT2D eigenvalue weighted by molar-refractivity contribution is 7.92. The highest BCUT2D eigenvalue weighted by Crippen LogP contribution is 2.37. The molecular formula is C22H18ClN3O3S. The normalized spacial score (nSPS) is 11.6. The maximum atomic E-state index is 12.4. The Kier molecular flexibility index (Phi) is 5.09. The van der Waals surface area contributed by atoms with Gasteiger partial charge in [0.05, 0.1) is 28.0 Å². The number of aromatic nitrogens is 2. The smallest absolute Gasteiger partial charge is 0.229 e. The van der Waals surface area contributed by atoms with E-state index >= 15 is 0 Å². The molecule has 0 unspecified atom stereocenters. The molecule has 0 atom stereocenters. The van der Waals surface area contributed by atoms with Gasteiger partial charge in [-0.2, -0.15) is 0 Å². The van der Waals surface area contributed by atoms with Gasteiger partial charge in [0.25, 0.3) is 0 Å². The molecule has 0 aliphatic rings. The van der Waals surface area contributed by atoms with Crippen molar-refractivity contribution in [3.63, 3.8) is 0 Å². The van der Waals surface area contributed by atoms with Crippen LogP contribution in [0, 0.1) is 6.92 Å². The van der Waals surface area contributed by atoms with Gasteiger partial charge in [-0.25, -0.2) is 13.4 Å². The van der Waals surface area contributed by atoms with Gasteiger partial charge in [0, 0.05) is 23.4 Å². The lowest BCUT2D eigenvalue weighted by molar-refractivity contribution is 0.607. The van der Waals surface area contributed by atoms with E-state index in [0.29, 0.717) is 28.0 Å². The summed E-state index contributed by atoms with van der Waals surface area (Å²) in [5.74, 6) is 0. The summed E-state index contributed by atoms with van der Waals surface area (Å²) in [6.07, 6.45) is 2.64. The van der Waals surface area contributed by atoms with Crippen molar-refractivity contribution >= 4 is 38.3 Å². The molecule has 0 saturated carbocycles. The largest absolute Gasteiger partial charge is 0.346 e. The van der Waals surface area contributed by atoms with Gasteiger partial charge in [0.1, 0.15) is 5.65 Å². The Bertz CT molecular complexity index is 1410. The molecule has 2 heterocycles. The van der Waals surface area contributed by atoms with Gasteiger partial charge in [0.15, 0.2) is 5.43 Å². The molecule has 30 heavy (non-hydrogen) atoms. The highest BCUT2D eigenvalue weighted by Gasteiger charge is 2.17. The topological polar surface area (TPSA) is 91.9 Å². The number of H-pyrrole nitrogens is 1. The molecule has 0 fully saturated rings. The van der Waals surface area contributed by atoms with Gasteiger partial charge < -0.3 is 4.98 Å². The fraction of sp³-hybridized carbons (Fsp3) is 0.0909. The second kappa shape index (κ2) is 7.59. The summed E-state index contributed by atoms with van der Waals surface area (Å²) in [7, 11) is -3.48. The van der Waals surface area contributed by atoms with Crippen LogP contribution in [0.5, 0.6) is 0 Å². The second-order valence-corrected chi connectivity index (χ2v) is 9.17. The van der Waals surface area contributed by atoms with Crippen molar-refractivity contribution in [1.82, 2.24) is 9.97 Å². The van der Waals surface area contributed by atoms with E-state index in [0.717, 1.165) is 22.9 Å². The molecule has 4 aromatic rings. The van der Waals surface area contributed by atoms with E-state index in [9.17, 15) is 13.2 Å². The summed E-state index contributed by atoms with van der Waals surface area (Å²) in [5.41, 5.74) is 4.35. The van der Waals surface area contributed by atoms with E-state index in [1.165, 1.54) is 6.07 Å². The third-order valence-corrected chi connectivity index (χ3v) is 5.55. The van der Waals surface area contributed by atoms with Gasteiger partial charge >= 0.3 is 0 Å². The van der Waals surface area contributed by atoms with E-state index in [2.05, 4.69) is 9.71 Å². The number of benzene rings is 2. The van der Waals surface area contributed by atoms with E-state index in [1.54, 1.807) is 25.3 Å². The second-order valence-electron chi connectivity index (χ2n) is 7.01. The molecule has 2 aromatic heterocycles. The summed E-state index contributed by atoms with van der Waals surface area (Å²) in [6, 6.07) is 16.4. The summed E-state index contributed by atoms with van der Waals surface area (Å²) in [4.78, 5) is 20.1. The first-order chi connectivity index (χ1) is 14.2. The lowest BCUT2D eigenvalue weighted by atomic mass is 9.96. The molecule has 0 amide bonds. The zero-order valence-corrected chi connectivity index (χ0v) is 17.8. The third kappa shape index (κ3) is 3.94. The molecule has 6 nitrogen and oxygen atoms in total. The number of aromatic amines is 1. The first kappa shape index (κ1) is 20.1. The van der Waals surface area contributed by atoms with Crippen LogP contribution < -0.4 is 10.2 Å².